The average Bonchev–Trinajstić information content (AvgIpc) is 3.65. The van der Waals surface area contributed by atoms with E-state index in [1.807, 2.05) is 66.7 Å². The molecule has 1 aromatic heterocycles. The van der Waals surface area contributed by atoms with Crippen LogP contribution in [0.25, 0.3) is 98.4 Å². The lowest BCUT2D eigenvalue weighted by molar-refractivity contribution is 0.669. The van der Waals surface area contributed by atoms with Gasteiger partial charge in [-0.05, 0) is 101 Å². The molecule has 0 bridgehead atoms. The first-order chi connectivity index (χ1) is 29.6. The standard InChI is InChI=1S/C46H28O/c1-2-12-30-27-32(22-21-29(30)11-1)45-38-16-5-7-18-40(38)46(41-19-8-6-17-39(41)45)42-26-25-33(34-13-3-4-14-35(34)42)31-23-24-37-36-15-9-10-20-43(36)47-44(37)28-31/h1-28H/i1D,2D,5D,6D,7D,8D,11D,12D,16D,17D,18D,19D,21D,22D,27D. The van der Waals surface area contributed by atoms with Crippen LogP contribution in [-0.4, -0.2) is 0 Å². The van der Waals surface area contributed by atoms with Crippen molar-refractivity contribution in [2.24, 2.45) is 0 Å². The lowest BCUT2D eigenvalue weighted by Gasteiger charge is -2.20. The van der Waals surface area contributed by atoms with Crippen LogP contribution in [0.4, 0.5) is 0 Å². The van der Waals surface area contributed by atoms with Crippen molar-refractivity contribution in [1.29, 1.82) is 0 Å². The van der Waals surface area contributed by atoms with Crippen LogP contribution in [0.5, 0.6) is 0 Å². The Balaban J connectivity index is 1.41. The molecule has 218 valence electrons. The Kier molecular flexibility index (Phi) is 3.33. The summed E-state index contributed by atoms with van der Waals surface area (Å²) < 4.78 is 141. The number of fused-ring (bicyclic) bond motifs is 7. The Morgan fingerprint density at radius 1 is 0.383 bits per heavy atom. The lowest BCUT2D eigenvalue weighted by atomic mass is 9.83. The molecule has 0 aliphatic rings. The Labute approximate surface area is 293 Å². The van der Waals surface area contributed by atoms with Gasteiger partial charge in [-0.2, -0.15) is 0 Å². The predicted molar refractivity (Wildman–Crippen MR) is 200 cm³/mol. The second kappa shape index (κ2) is 10.2. The van der Waals surface area contributed by atoms with Gasteiger partial charge in [0.1, 0.15) is 11.2 Å². The molecule has 1 heterocycles. The maximum Gasteiger partial charge on any atom is 0.136 e. The molecule has 10 rings (SSSR count). The van der Waals surface area contributed by atoms with Crippen molar-refractivity contribution in [3.8, 4) is 33.4 Å². The number of benzene rings is 9. The van der Waals surface area contributed by atoms with Gasteiger partial charge in [-0.15, -0.1) is 0 Å². The van der Waals surface area contributed by atoms with Crippen molar-refractivity contribution in [3.63, 3.8) is 0 Å². The average molecular weight is 612 g/mol. The molecule has 47 heavy (non-hydrogen) atoms. The number of hydrogen-bond donors (Lipinski definition) is 0. The van der Waals surface area contributed by atoms with Crippen LogP contribution >= 0.6 is 0 Å². The zero-order valence-corrected chi connectivity index (χ0v) is 24.4. The summed E-state index contributed by atoms with van der Waals surface area (Å²) in [4.78, 5) is 0. The van der Waals surface area contributed by atoms with Crippen LogP contribution < -0.4 is 0 Å². The summed E-state index contributed by atoms with van der Waals surface area (Å²) >= 11 is 0. The van der Waals surface area contributed by atoms with Crippen LogP contribution in [0, 0.1) is 0 Å². The van der Waals surface area contributed by atoms with E-state index in [-0.39, 0.29) is 32.7 Å². The molecule has 1 heteroatoms. The third-order valence-electron chi connectivity index (χ3n) is 8.76. The first kappa shape index (κ1) is 15.4. The summed E-state index contributed by atoms with van der Waals surface area (Å²) in [5.41, 5.74) is 2.52. The molecule has 0 unspecified atom stereocenters. The fourth-order valence-corrected chi connectivity index (χ4v) is 6.71. The number of rotatable bonds is 3. The molecule has 0 saturated carbocycles. The smallest absolute Gasteiger partial charge is 0.136 e. The maximum absolute atomic E-state index is 9.48. The molecule has 9 aromatic carbocycles. The fraction of sp³-hybridized carbons (Fsp3) is 0. The van der Waals surface area contributed by atoms with Gasteiger partial charge < -0.3 is 4.42 Å². The summed E-state index contributed by atoms with van der Waals surface area (Å²) in [6.45, 7) is 0. The van der Waals surface area contributed by atoms with Crippen molar-refractivity contribution < 1.29 is 25.0 Å². The molecule has 0 aliphatic heterocycles. The van der Waals surface area contributed by atoms with Crippen LogP contribution in [0.1, 0.15) is 20.6 Å². The number of hydrogen-bond acceptors (Lipinski definition) is 1. The van der Waals surface area contributed by atoms with E-state index in [0.29, 0.717) is 21.9 Å². The second-order valence-corrected chi connectivity index (χ2v) is 11.3. The van der Waals surface area contributed by atoms with Gasteiger partial charge in [0, 0.05) is 10.8 Å². The van der Waals surface area contributed by atoms with Gasteiger partial charge >= 0.3 is 0 Å². The molecule has 0 fully saturated rings. The van der Waals surface area contributed by atoms with Crippen LogP contribution in [0.15, 0.2) is 174 Å². The molecule has 0 spiro atoms. The quantitative estimate of drug-likeness (QED) is 0.181. The summed E-state index contributed by atoms with van der Waals surface area (Å²) in [7, 11) is 0. The minimum Gasteiger partial charge on any atom is -0.456 e. The molecule has 0 atom stereocenters. The number of furan rings is 1. The van der Waals surface area contributed by atoms with E-state index in [2.05, 4.69) is 0 Å². The monoisotopic (exact) mass is 611 g/mol. The van der Waals surface area contributed by atoms with Crippen molar-refractivity contribution in [2.75, 3.05) is 0 Å². The van der Waals surface area contributed by atoms with Crippen molar-refractivity contribution >= 4 is 65.0 Å². The van der Waals surface area contributed by atoms with Crippen LogP contribution in [-0.2, 0) is 0 Å². The van der Waals surface area contributed by atoms with Gasteiger partial charge in [-0.1, -0.05) is 145 Å². The second-order valence-electron chi connectivity index (χ2n) is 11.3. The third-order valence-corrected chi connectivity index (χ3v) is 8.76. The first-order valence-corrected chi connectivity index (χ1v) is 15.0. The Morgan fingerprint density at radius 3 is 1.70 bits per heavy atom. The SMILES string of the molecule is [2H]c1c([2H])c([2H])c2c([2H])c(-c3c4c([2H])c([2H])c([2H])c([2H])c4c(-c4ccc(-c5ccc6c(c5)oc5ccccc56)c5ccccc45)c4c([2H])c([2H])c([2H])c([2H])c34)c([2H])c([2H])c2c1[2H]. The minimum atomic E-state index is -0.737. The van der Waals surface area contributed by atoms with Gasteiger partial charge in [-0.3, -0.25) is 0 Å². The predicted octanol–water partition coefficient (Wildman–Crippen LogP) is 13.2. The molecule has 0 amide bonds. The van der Waals surface area contributed by atoms with Crippen molar-refractivity contribution in [1.82, 2.24) is 0 Å². The van der Waals surface area contributed by atoms with E-state index < -0.39 is 107 Å². The van der Waals surface area contributed by atoms with Gasteiger partial charge in [0.2, 0.25) is 0 Å². The topological polar surface area (TPSA) is 13.1 Å². The van der Waals surface area contributed by atoms with E-state index in [1.54, 1.807) is 12.1 Å². The summed E-state index contributed by atoms with van der Waals surface area (Å²) in [5, 5.41) is 1.39. The molecular weight excluding hydrogens is 569 g/mol. The fourth-order valence-electron chi connectivity index (χ4n) is 6.71. The van der Waals surface area contributed by atoms with Crippen LogP contribution in [0.3, 0.4) is 0 Å². The first-order valence-electron chi connectivity index (χ1n) is 22.5. The van der Waals surface area contributed by atoms with Crippen LogP contribution in [0.2, 0.25) is 0 Å². The zero-order valence-electron chi connectivity index (χ0n) is 39.4. The Bertz CT molecular complexity index is 3620. The van der Waals surface area contributed by atoms with E-state index in [4.69, 9.17) is 16.8 Å². The molecule has 0 aliphatic carbocycles. The summed E-state index contributed by atoms with van der Waals surface area (Å²) in [6, 6.07) is 14.5. The normalized spacial score (nSPS) is 16.3. The lowest BCUT2D eigenvalue weighted by Crippen LogP contribution is -1.92. The maximum atomic E-state index is 9.48. The summed E-state index contributed by atoms with van der Waals surface area (Å²) in [5.74, 6) is 0. The zero-order chi connectivity index (χ0) is 44.0. The highest BCUT2D eigenvalue weighted by Gasteiger charge is 2.19. The molecule has 0 saturated heterocycles. The molecule has 0 radical (unpaired) electrons. The van der Waals surface area contributed by atoms with E-state index >= 15 is 0 Å². The molecule has 0 N–H and O–H groups in total. The number of para-hydroxylation sites is 1. The molecule has 10 aromatic rings. The Hall–Kier alpha value is -6.18. The highest BCUT2D eigenvalue weighted by Crippen LogP contribution is 2.47. The van der Waals surface area contributed by atoms with Gasteiger partial charge in [0.05, 0.1) is 20.6 Å². The largest absolute Gasteiger partial charge is 0.456 e. The van der Waals surface area contributed by atoms with Gasteiger partial charge in [-0.25, -0.2) is 0 Å². The highest BCUT2D eigenvalue weighted by atomic mass is 16.3. The molecular formula is C46H28O. The van der Waals surface area contributed by atoms with E-state index in [9.17, 15) is 8.22 Å². The van der Waals surface area contributed by atoms with Crippen molar-refractivity contribution in [2.45, 2.75) is 0 Å². The minimum absolute atomic E-state index is 0.0418. The van der Waals surface area contributed by atoms with Crippen molar-refractivity contribution in [3.05, 3.63) is 169 Å². The third kappa shape index (κ3) is 3.97. The van der Waals surface area contributed by atoms with Gasteiger partial charge in [0.25, 0.3) is 0 Å². The summed E-state index contributed by atoms with van der Waals surface area (Å²) in [6.07, 6.45) is 0. The molecule has 1 nitrogen and oxygen atoms in total. The van der Waals surface area contributed by atoms with E-state index in [0.717, 1.165) is 27.5 Å². The van der Waals surface area contributed by atoms with E-state index in [1.165, 1.54) is 0 Å². The van der Waals surface area contributed by atoms with Gasteiger partial charge in [0.15, 0.2) is 0 Å². The highest BCUT2D eigenvalue weighted by molar-refractivity contribution is 6.24. The Morgan fingerprint density at radius 2 is 0.957 bits per heavy atom.